The van der Waals surface area contributed by atoms with E-state index in [-0.39, 0.29) is 9.77 Å². The van der Waals surface area contributed by atoms with Crippen LogP contribution in [0.15, 0.2) is 51.6 Å². The number of rotatable bonds is 4. The summed E-state index contributed by atoms with van der Waals surface area (Å²) < 4.78 is 27.7. The Labute approximate surface area is 165 Å². The zero-order valence-corrected chi connectivity index (χ0v) is 16.4. The number of pyridine rings is 1. The molecule has 3 N–H and O–H groups in total. The van der Waals surface area contributed by atoms with Gasteiger partial charge in [0.2, 0.25) is 0 Å². The standard InChI is InChI=1S/C17H18N6O3S2/c18-15-4-1-12(11-19-15)22-7-9-23(10-8-22)28(25,26)17-6-3-14(27-17)13-2-5-16(24)21-20-13/h1-6,11H,7-10H2,(H2,18,19)(H,21,24). The maximum atomic E-state index is 13.0. The first kappa shape index (κ1) is 18.6. The van der Waals surface area contributed by atoms with Crippen LogP contribution in [0.2, 0.25) is 0 Å². The molecule has 0 bridgehead atoms. The largest absolute Gasteiger partial charge is 0.384 e. The molecule has 9 nitrogen and oxygen atoms in total. The Morgan fingerprint density at radius 1 is 1.04 bits per heavy atom. The Bertz CT molecular complexity index is 1110. The van der Waals surface area contributed by atoms with Crippen molar-refractivity contribution in [1.82, 2.24) is 19.5 Å². The molecule has 0 unspecified atom stereocenters. The van der Waals surface area contributed by atoms with Crippen molar-refractivity contribution in [2.75, 3.05) is 36.8 Å². The van der Waals surface area contributed by atoms with Crippen molar-refractivity contribution in [3.8, 4) is 10.6 Å². The van der Waals surface area contributed by atoms with Gasteiger partial charge >= 0.3 is 0 Å². The van der Waals surface area contributed by atoms with Crippen molar-refractivity contribution >= 4 is 32.9 Å². The van der Waals surface area contributed by atoms with E-state index in [1.807, 2.05) is 6.07 Å². The fourth-order valence-corrected chi connectivity index (χ4v) is 5.83. The molecule has 11 heteroatoms. The van der Waals surface area contributed by atoms with E-state index in [0.29, 0.717) is 42.6 Å². The molecule has 0 amide bonds. The third-order valence-corrected chi connectivity index (χ3v) is 7.96. The number of piperazine rings is 1. The van der Waals surface area contributed by atoms with Gasteiger partial charge in [-0.15, -0.1) is 11.3 Å². The fraction of sp³-hybridized carbons (Fsp3) is 0.235. The van der Waals surface area contributed by atoms with Gasteiger partial charge in [0.25, 0.3) is 15.6 Å². The van der Waals surface area contributed by atoms with Gasteiger partial charge in [-0.2, -0.15) is 9.40 Å². The highest BCUT2D eigenvalue weighted by Gasteiger charge is 2.30. The summed E-state index contributed by atoms with van der Waals surface area (Å²) in [5.41, 5.74) is 6.77. The van der Waals surface area contributed by atoms with Crippen LogP contribution in [0.25, 0.3) is 10.6 Å². The molecule has 0 atom stereocenters. The van der Waals surface area contributed by atoms with Crippen LogP contribution in [0.3, 0.4) is 0 Å². The van der Waals surface area contributed by atoms with E-state index < -0.39 is 10.0 Å². The molecule has 0 spiro atoms. The van der Waals surface area contributed by atoms with Crippen LogP contribution < -0.4 is 16.2 Å². The Kier molecular flexibility index (Phi) is 4.87. The van der Waals surface area contributed by atoms with Crippen LogP contribution in [0.4, 0.5) is 11.5 Å². The predicted molar refractivity (Wildman–Crippen MR) is 108 cm³/mol. The van der Waals surface area contributed by atoms with Crippen LogP contribution in [0.1, 0.15) is 0 Å². The molecule has 0 aliphatic carbocycles. The number of nitrogen functional groups attached to an aromatic ring is 1. The molecule has 1 fully saturated rings. The van der Waals surface area contributed by atoms with Gasteiger partial charge in [0.05, 0.1) is 16.8 Å². The van der Waals surface area contributed by atoms with Crippen LogP contribution in [0, 0.1) is 0 Å². The maximum absolute atomic E-state index is 13.0. The molecule has 3 aromatic heterocycles. The molecule has 0 saturated carbocycles. The maximum Gasteiger partial charge on any atom is 0.264 e. The molecule has 0 radical (unpaired) electrons. The Morgan fingerprint density at radius 3 is 2.46 bits per heavy atom. The molecule has 1 aliphatic heterocycles. The third-order valence-electron chi connectivity index (χ3n) is 4.48. The van der Waals surface area contributed by atoms with Crippen molar-refractivity contribution in [2.24, 2.45) is 0 Å². The van der Waals surface area contributed by atoms with Crippen LogP contribution in [-0.4, -0.2) is 54.1 Å². The highest BCUT2D eigenvalue weighted by Crippen LogP contribution is 2.31. The number of aromatic nitrogens is 3. The number of nitrogens with two attached hydrogens (primary N) is 1. The number of hydrogen-bond donors (Lipinski definition) is 2. The Hall–Kier alpha value is -2.76. The van der Waals surface area contributed by atoms with Gasteiger partial charge in [-0.1, -0.05) is 0 Å². The average molecular weight is 419 g/mol. The number of H-pyrrole nitrogens is 1. The average Bonchev–Trinajstić information content (AvgIpc) is 3.20. The smallest absolute Gasteiger partial charge is 0.264 e. The van der Waals surface area contributed by atoms with Crippen molar-refractivity contribution in [3.05, 3.63) is 52.9 Å². The van der Waals surface area contributed by atoms with Gasteiger partial charge in [0, 0.05) is 32.2 Å². The van der Waals surface area contributed by atoms with E-state index >= 15 is 0 Å². The lowest BCUT2D eigenvalue weighted by molar-refractivity contribution is 0.386. The predicted octanol–water partition coefficient (Wildman–Crippen LogP) is 0.986. The summed E-state index contributed by atoms with van der Waals surface area (Å²) >= 11 is 1.14. The van der Waals surface area contributed by atoms with Crippen LogP contribution >= 0.6 is 11.3 Å². The van der Waals surface area contributed by atoms with Crippen LogP contribution in [-0.2, 0) is 10.0 Å². The number of hydrogen-bond acceptors (Lipinski definition) is 8. The summed E-state index contributed by atoms with van der Waals surface area (Å²) in [6.07, 6.45) is 1.70. The van der Waals surface area contributed by atoms with Gasteiger partial charge < -0.3 is 10.6 Å². The van der Waals surface area contributed by atoms with Gasteiger partial charge in [-0.25, -0.2) is 18.5 Å². The number of anilines is 2. The molecule has 3 aromatic rings. The molecule has 1 saturated heterocycles. The molecule has 28 heavy (non-hydrogen) atoms. The molecule has 1 aliphatic rings. The van der Waals surface area contributed by atoms with E-state index in [1.54, 1.807) is 30.5 Å². The molecular formula is C17H18N6O3S2. The van der Waals surface area contributed by atoms with Crippen molar-refractivity contribution in [3.63, 3.8) is 0 Å². The first-order valence-corrected chi connectivity index (χ1v) is 10.8. The second-order valence-electron chi connectivity index (χ2n) is 6.26. The topological polar surface area (TPSA) is 125 Å². The zero-order valence-electron chi connectivity index (χ0n) is 14.8. The van der Waals surface area contributed by atoms with Gasteiger partial charge in [0.15, 0.2) is 0 Å². The Balaban J connectivity index is 1.48. The lowest BCUT2D eigenvalue weighted by Gasteiger charge is -2.34. The third kappa shape index (κ3) is 3.63. The van der Waals surface area contributed by atoms with Crippen molar-refractivity contribution in [2.45, 2.75) is 4.21 Å². The Morgan fingerprint density at radius 2 is 1.82 bits per heavy atom. The van der Waals surface area contributed by atoms with Crippen LogP contribution in [0.5, 0.6) is 0 Å². The van der Waals surface area contributed by atoms with E-state index in [9.17, 15) is 13.2 Å². The second kappa shape index (κ2) is 7.34. The minimum Gasteiger partial charge on any atom is -0.384 e. The van der Waals surface area contributed by atoms with Gasteiger partial charge in [-0.3, -0.25) is 4.79 Å². The molecular weight excluding hydrogens is 400 g/mol. The SMILES string of the molecule is Nc1ccc(N2CCN(S(=O)(=O)c3ccc(-c4ccc(=O)[nH]n4)s3)CC2)cn1. The lowest BCUT2D eigenvalue weighted by Crippen LogP contribution is -2.48. The van der Waals surface area contributed by atoms with E-state index in [0.717, 1.165) is 17.0 Å². The summed E-state index contributed by atoms with van der Waals surface area (Å²) in [6, 6.07) is 9.83. The van der Waals surface area contributed by atoms with E-state index in [1.165, 1.54) is 10.4 Å². The zero-order chi connectivity index (χ0) is 19.7. The summed E-state index contributed by atoms with van der Waals surface area (Å²) in [5.74, 6) is 0.454. The summed E-state index contributed by atoms with van der Waals surface area (Å²) in [6.45, 7) is 1.92. The van der Waals surface area contributed by atoms with Crippen molar-refractivity contribution < 1.29 is 8.42 Å². The highest BCUT2D eigenvalue weighted by molar-refractivity contribution is 7.91. The quantitative estimate of drug-likeness (QED) is 0.647. The normalized spacial score (nSPS) is 15.6. The van der Waals surface area contributed by atoms with Gasteiger partial charge in [0.1, 0.15) is 15.7 Å². The van der Waals surface area contributed by atoms with E-state index in [4.69, 9.17) is 5.73 Å². The second-order valence-corrected chi connectivity index (χ2v) is 9.51. The number of sulfonamides is 1. The highest BCUT2D eigenvalue weighted by atomic mass is 32.2. The molecule has 4 heterocycles. The first-order valence-electron chi connectivity index (χ1n) is 8.56. The minimum absolute atomic E-state index is 0.262. The monoisotopic (exact) mass is 418 g/mol. The van der Waals surface area contributed by atoms with E-state index in [2.05, 4.69) is 20.1 Å². The number of thiophene rings is 1. The lowest BCUT2D eigenvalue weighted by atomic mass is 10.3. The summed E-state index contributed by atoms with van der Waals surface area (Å²) in [7, 11) is -3.58. The minimum atomic E-state index is -3.58. The van der Waals surface area contributed by atoms with Crippen molar-refractivity contribution in [1.29, 1.82) is 0 Å². The summed E-state index contributed by atoms with van der Waals surface area (Å²) in [5, 5.41) is 6.31. The fourth-order valence-electron chi connectivity index (χ4n) is 2.98. The number of nitrogens with one attached hydrogen (secondary N) is 1. The van der Waals surface area contributed by atoms with Gasteiger partial charge in [-0.05, 0) is 30.3 Å². The molecule has 4 rings (SSSR count). The molecule has 146 valence electrons. The summed E-state index contributed by atoms with van der Waals surface area (Å²) in [4.78, 5) is 18.0. The number of aromatic amines is 1. The number of nitrogens with zero attached hydrogens (tertiary/aromatic N) is 4. The molecule has 0 aromatic carbocycles. The first-order chi connectivity index (χ1) is 13.4.